The Morgan fingerprint density at radius 3 is 2.50 bits per heavy atom. The zero-order valence-corrected chi connectivity index (χ0v) is 14.3. The normalized spacial score (nSPS) is 14.5. The molecule has 0 N–H and O–H groups in total. The molecule has 0 atom stereocenters. The molecule has 24 heavy (non-hydrogen) atoms. The molecule has 0 fully saturated rings. The third-order valence-electron chi connectivity index (χ3n) is 3.91. The summed E-state index contributed by atoms with van der Waals surface area (Å²) in [6.07, 6.45) is 0. The van der Waals surface area contributed by atoms with Gasteiger partial charge in [-0.3, -0.25) is 0 Å². The predicted molar refractivity (Wildman–Crippen MR) is 91.0 cm³/mol. The number of esters is 1. The first-order chi connectivity index (χ1) is 11.3. The quantitative estimate of drug-likeness (QED) is 0.632. The summed E-state index contributed by atoms with van der Waals surface area (Å²) in [5, 5.41) is 0. The lowest BCUT2D eigenvalue weighted by Crippen LogP contribution is -2.22. The SMILES string of the molecule is C=C(C)C(=O)OCc1ccc2c(c1)S(=O)(=O)c1ccccc1N2C. The molecule has 0 aromatic heterocycles. The zero-order chi connectivity index (χ0) is 17.5. The van der Waals surface area contributed by atoms with Crippen LogP contribution in [-0.2, 0) is 26.0 Å². The van der Waals surface area contributed by atoms with Gasteiger partial charge >= 0.3 is 5.97 Å². The molecule has 0 amide bonds. The van der Waals surface area contributed by atoms with Crippen LogP contribution in [0.2, 0.25) is 0 Å². The van der Waals surface area contributed by atoms with Crippen molar-refractivity contribution in [2.45, 2.75) is 23.3 Å². The predicted octanol–water partition coefficient (Wildman–Crippen LogP) is 3.22. The number of benzene rings is 2. The van der Waals surface area contributed by atoms with Gasteiger partial charge in [0.2, 0.25) is 9.84 Å². The summed E-state index contributed by atoms with van der Waals surface area (Å²) in [6, 6.07) is 11.9. The maximum atomic E-state index is 12.9. The summed E-state index contributed by atoms with van der Waals surface area (Å²) in [7, 11) is -1.78. The molecule has 124 valence electrons. The first kappa shape index (κ1) is 16.3. The highest BCUT2D eigenvalue weighted by Gasteiger charge is 2.32. The third-order valence-corrected chi connectivity index (χ3v) is 5.74. The molecule has 1 heterocycles. The van der Waals surface area contributed by atoms with Crippen molar-refractivity contribution in [2.24, 2.45) is 0 Å². The Labute approximate surface area is 141 Å². The molecule has 0 spiro atoms. The van der Waals surface area contributed by atoms with Gasteiger partial charge in [0.05, 0.1) is 21.2 Å². The number of carbonyl (C=O) groups excluding carboxylic acids is 1. The van der Waals surface area contributed by atoms with Crippen molar-refractivity contribution in [1.29, 1.82) is 0 Å². The average molecular weight is 343 g/mol. The first-order valence-corrected chi connectivity index (χ1v) is 8.84. The monoisotopic (exact) mass is 343 g/mol. The van der Waals surface area contributed by atoms with Gasteiger partial charge in [-0.2, -0.15) is 0 Å². The van der Waals surface area contributed by atoms with Gasteiger partial charge in [0, 0.05) is 12.6 Å². The average Bonchev–Trinajstić information content (AvgIpc) is 2.57. The van der Waals surface area contributed by atoms with Crippen LogP contribution in [0.4, 0.5) is 11.4 Å². The van der Waals surface area contributed by atoms with Gasteiger partial charge in [0.15, 0.2) is 0 Å². The van der Waals surface area contributed by atoms with Crippen molar-refractivity contribution in [3.05, 3.63) is 60.2 Å². The minimum Gasteiger partial charge on any atom is -0.457 e. The second kappa shape index (κ2) is 5.79. The maximum Gasteiger partial charge on any atom is 0.333 e. The second-order valence-electron chi connectivity index (χ2n) is 5.69. The molecule has 2 aromatic carbocycles. The molecule has 3 rings (SSSR count). The third kappa shape index (κ3) is 2.59. The van der Waals surface area contributed by atoms with Crippen molar-refractivity contribution in [2.75, 3.05) is 11.9 Å². The Hall–Kier alpha value is -2.60. The molecule has 5 nitrogen and oxygen atoms in total. The number of carbonyl (C=O) groups is 1. The largest absolute Gasteiger partial charge is 0.457 e. The highest BCUT2D eigenvalue weighted by Crippen LogP contribution is 2.43. The lowest BCUT2D eigenvalue weighted by Gasteiger charge is -2.29. The van der Waals surface area contributed by atoms with Crippen LogP contribution in [0.1, 0.15) is 12.5 Å². The van der Waals surface area contributed by atoms with Crippen molar-refractivity contribution in [3.8, 4) is 0 Å². The van der Waals surface area contributed by atoms with Crippen molar-refractivity contribution in [1.82, 2.24) is 0 Å². The molecule has 0 aliphatic carbocycles. The van der Waals surface area contributed by atoms with Crippen LogP contribution < -0.4 is 4.90 Å². The number of hydrogen-bond acceptors (Lipinski definition) is 5. The van der Waals surface area contributed by atoms with E-state index in [0.717, 1.165) is 0 Å². The van der Waals surface area contributed by atoms with Gasteiger partial charge in [0.1, 0.15) is 6.61 Å². The summed E-state index contributed by atoms with van der Waals surface area (Å²) >= 11 is 0. The van der Waals surface area contributed by atoms with Gasteiger partial charge in [-0.05, 0) is 36.8 Å². The van der Waals surface area contributed by atoms with E-state index in [1.54, 1.807) is 49.4 Å². The summed E-state index contributed by atoms with van der Waals surface area (Å²) < 4.78 is 30.9. The minimum absolute atomic E-state index is 0.000144. The number of rotatable bonds is 3. The van der Waals surface area contributed by atoms with E-state index in [1.165, 1.54) is 0 Å². The minimum atomic E-state index is -3.61. The van der Waals surface area contributed by atoms with E-state index < -0.39 is 15.8 Å². The molecule has 1 aliphatic rings. The van der Waals surface area contributed by atoms with E-state index in [2.05, 4.69) is 6.58 Å². The topological polar surface area (TPSA) is 63.7 Å². The first-order valence-electron chi connectivity index (χ1n) is 7.36. The van der Waals surface area contributed by atoms with Crippen LogP contribution in [0.15, 0.2) is 64.4 Å². The van der Waals surface area contributed by atoms with E-state index in [4.69, 9.17) is 4.74 Å². The lowest BCUT2D eigenvalue weighted by atomic mass is 10.2. The molecule has 1 aliphatic heterocycles. The molecule has 0 unspecified atom stereocenters. The number of sulfone groups is 1. The number of para-hydroxylation sites is 1. The number of hydrogen-bond donors (Lipinski definition) is 0. The van der Waals surface area contributed by atoms with E-state index in [9.17, 15) is 13.2 Å². The molecule has 0 bridgehead atoms. The van der Waals surface area contributed by atoms with E-state index >= 15 is 0 Å². The van der Waals surface area contributed by atoms with E-state index in [-0.39, 0.29) is 16.4 Å². The van der Waals surface area contributed by atoms with Gasteiger partial charge in [-0.15, -0.1) is 0 Å². The zero-order valence-electron chi connectivity index (χ0n) is 13.4. The number of anilines is 2. The Kier molecular flexibility index (Phi) is 3.93. The Balaban J connectivity index is 2.02. The summed E-state index contributed by atoms with van der Waals surface area (Å²) in [6.45, 7) is 5.08. The van der Waals surface area contributed by atoms with Crippen LogP contribution in [0, 0.1) is 0 Å². The Morgan fingerprint density at radius 2 is 1.79 bits per heavy atom. The van der Waals surface area contributed by atoms with Gasteiger partial charge < -0.3 is 9.64 Å². The number of ether oxygens (including phenoxy) is 1. The van der Waals surface area contributed by atoms with Crippen LogP contribution in [0.25, 0.3) is 0 Å². The van der Waals surface area contributed by atoms with Crippen LogP contribution in [0.5, 0.6) is 0 Å². The summed E-state index contributed by atoms with van der Waals surface area (Å²) in [5.74, 6) is -0.502. The highest BCUT2D eigenvalue weighted by atomic mass is 32.2. The standard InChI is InChI=1S/C18H17NO4S/c1-12(2)18(20)23-11-13-8-9-15-17(10-13)24(21,22)16-7-5-4-6-14(16)19(15)3/h4-10H,1,11H2,2-3H3. The Morgan fingerprint density at radius 1 is 1.12 bits per heavy atom. The fraction of sp³-hybridized carbons (Fsp3) is 0.167. The van der Waals surface area contributed by atoms with Crippen LogP contribution in [0.3, 0.4) is 0 Å². The van der Waals surface area contributed by atoms with Gasteiger partial charge in [-0.25, -0.2) is 13.2 Å². The molecule has 6 heteroatoms. The molecule has 0 saturated carbocycles. The van der Waals surface area contributed by atoms with E-state index in [0.29, 0.717) is 22.5 Å². The second-order valence-corrected chi connectivity index (χ2v) is 7.58. The lowest BCUT2D eigenvalue weighted by molar-refractivity contribution is -0.140. The highest BCUT2D eigenvalue weighted by molar-refractivity contribution is 7.92. The van der Waals surface area contributed by atoms with Crippen molar-refractivity contribution >= 4 is 27.2 Å². The smallest absolute Gasteiger partial charge is 0.333 e. The molecule has 2 aromatic rings. The van der Waals surface area contributed by atoms with Crippen LogP contribution >= 0.6 is 0 Å². The summed E-state index contributed by atoms with van der Waals surface area (Å²) in [4.78, 5) is 13.8. The number of fused-ring (bicyclic) bond motifs is 2. The van der Waals surface area contributed by atoms with E-state index in [1.807, 2.05) is 11.9 Å². The Bertz CT molecular complexity index is 947. The maximum absolute atomic E-state index is 12.9. The van der Waals surface area contributed by atoms with Gasteiger partial charge in [-0.1, -0.05) is 24.8 Å². The molecular formula is C18H17NO4S. The molecule has 0 saturated heterocycles. The summed E-state index contributed by atoms with van der Waals surface area (Å²) in [5.41, 5.74) is 2.16. The fourth-order valence-corrected chi connectivity index (χ4v) is 4.38. The molecular weight excluding hydrogens is 326 g/mol. The van der Waals surface area contributed by atoms with Crippen molar-refractivity contribution < 1.29 is 17.9 Å². The van der Waals surface area contributed by atoms with Crippen molar-refractivity contribution in [3.63, 3.8) is 0 Å². The van der Waals surface area contributed by atoms with Crippen LogP contribution in [-0.4, -0.2) is 21.4 Å². The number of nitrogens with zero attached hydrogens (tertiary/aromatic N) is 1. The fourth-order valence-electron chi connectivity index (χ4n) is 2.62. The molecule has 0 radical (unpaired) electrons. The van der Waals surface area contributed by atoms with Gasteiger partial charge in [0.25, 0.3) is 0 Å².